The van der Waals surface area contributed by atoms with E-state index in [9.17, 15) is 13.2 Å². The minimum absolute atomic E-state index is 0.354. The predicted molar refractivity (Wildman–Crippen MR) is 76.7 cm³/mol. The van der Waals surface area contributed by atoms with Crippen LogP contribution in [-0.4, -0.2) is 6.18 Å². The number of benzene rings is 1. The summed E-state index contributed by atoms with van der Waals surface area (Å²) in [5.41, 5.74) is 5.67. The highest BCUT2D eigenvalue weighted by atomic mass is 19.4. The molecule has 20 heavy (non-hydrogen) atoms. The summed E-state index contributed by atoms with van der Waals surface area (Å²) in [4.78, 5) is 0. The lowest BCUT2D eigenvalue weighted by molar-refractivity contribution is -0.127. The first kappa shape index (κ1) is 14.9. The number of fused-ring (bicyclic) bond motifs is 1. The van der Waals surface area contributed by atoms with Crippen LogP contribution >= 0.6 is 0 Å². The van der Waals surface area contributed by atoms with Crippen LogP contribution in [0.5, 0.6) is 0 Å². The molecule has 1 aliphatic carbocycles. The van der Waals surface area contributed by atoms with Crippen molar-refractivity contribution in [3.63, 3.8) is 0 Å². The van der Waals surface area contributed by atoms with E-state index in [1.165, 1.54) is 5.56 Å². The molecule has 0 fully saturated rings. The Morgan fingerprint density at radius 1 is 1.25 bits per heavy atom. The monoisotopic (exact) mass is 280 g/mol. The second kappa shape index (κ2) is 5.47. The standard InChI is InChI=1S/C17H19F3/c1-4-13-7-12(10-17(18,19)20)8-15-9-14(11(2)3)5-6-16(13)15/h7-9H,2,4-6,10H2,1,3H3. The molecular formula is C17H19F3. The molecule has 2 rings (SSSR count). The number of alkyl halides is 3. The summed E-state index contributed by atoms with van der Waals surface area (Å²) in [7, 11) is 0. The topological polar surface area (TPSA) is 0 Å². The Hall–Kier alpha value is -1.51. The minimum Gasteiger partial charge on any atom is -0.171 e. The van der Waals surface area contributed by atoms with Gasteiger partial charge < -0.3 is 0 Å². The highest BCUT2D eigenvalue weighted by molar-refractivity contribution is 5.65. The van der Waals surface area contributed by atoms with Gasteiger partial charge in [0.2, 0.25) is 0 Å². The Labute approximate surface area is 118 Å². The number of allylic oxidation sites excluding steroid dienone is 2. The Balaban J connectivity index is 2.47. The Morgan fingerprint density at radius 2 is 1.95 bits per heavy atom. The molecule has 108 valence electrons. The normalized spacial score (nSPS) is 14.8. The number of halogens is 3. The molecular weight excluding hydrogens is 261 g/mol. The largest absolute Gasteiger partial charge is 0.393 e. The van der Waals surface area contributed by atoms with E-state index in [-0.39, 0.29) is 0 Å². The fraction of sp³-hybridized carbons (Fsp3) is 0.412. The first-order valence-electron chi connectivity index (χ1n) is 6.88. The van der Waals surface area contributed by atoms with Gasteiger partial charge in [-0.1, -0.05) is 37.3 Å². The quantitative estimate of drug-likeness (QED) is 0.708. The number of aryl methyl sites for hydroxylation is 1. The van der Waals surface area contributed by atoms with Gasteiger partial charge in [0.25, 0.3) is 0 Å². The maximum atomic E-state index is 12.6. The molecule has 0 bridgehead atoms. The molecule has 0 atom stereocenters. The van der Waals surface area contributed by atoms with Crippen LogP contribution in [0.15, 0.2) is 29.9 Å². The van der Waals surface area contributed by atoms with E-state index in [1.54, 1.807) is 12.1 Å². The van der Waals surface area contributed by atoms with Crippen LogP contribution in [0.1, 0.15) is 42.5 Å². The fourth-order valence-corrected chi connectivity index (χ4v) is 2.76. The Bertz CT molecular complexity index is 562. The molecule has 0 spiro atoms. The van der Waals surface area contributed by atoms with Crippen LogP contribution in [0, 0.1) is 0 Å². The van der Waals surface area contributed by atoms with Gasteiger partial charge in [0.1, 0.15) is 0 Å². The summed E-state index contributed by atoms with van der Waals surface area (Å²) in [5.74, 6) is 0. The van der Waals surface area contributed by atoms with Crippen LogP contribution in [-0.2, 0) is 19.3 Å². The van der Waals surface area contributed by atoms with E-state index in [0.29, 0.717) is 5.56 Å². The van der Waals surface area contributed by atoms with Crippen molar-refractivity contribution in [3.05, 3.63) is 52.1 Å². The van der Waals surface area contributed by atoms with Gasteiger partial charge in [-0.25, -0.2) is 0 Å². The zero-order chi connectivity index (χ0) is 14.9. The van der Waals surface area contributed by atoms with Crippen molar-refractivity contribution >= 4 is 6.08 Å². The molecule has 1 aromatic rings. The van der Waals surface area contributed by atoms with Crippen molar-refractivity contribution in [2.45, 2.75) is 45.7 Å². The summed E-state index contributed by atoms with van der Waals surface area (Å²) >= 11 is 0. The lowest BCUT2D eigenvalue weighted by atomic mass is 9.84. The van der Waals surface area contributed by atoms with Crippen LogP contribution in [0.2, 0.25) is 0 Å². The van der Waals surface area contributed by atoms with Crippen molar-refractivity contribution in [2.75, 3.05) is 0 Å². The molecule has 1 aromatic carbocycles. The summed E-state index contributed by atoms with van der Waals surface area (Å²) in [6, 6.07) is 3.40. The van der Waals surface area contributed by atoms with Gasteiger partial charge >= 0.3 is 6.18 Å². The van der Waals surface area contributed by atoms with E-state index in [4.69, 9.17) is 0 Å². The highest BCUT2D eigenvalue weighted by Gasteiger charge is 2.28. The van der Waals surface area contributed by atoms with E-state index < -0.39 is 12.6 Å². The number of rotatable bonds is 3. The lowest BCUT2D eigenvalue weighted by Crippen LogP contribution is -2.13. The SMILES string of the molecule is C=C(C)C1=Cc2cc(CC(F)(F)F)cc(CC)c2CC1. The maximum Gasteiger partial charge on any atom is 0.393 e. The third-order valence-electron chi connectivity index (χ3n) is 3.74. The van der Waals surface area contributed by atoms with Crippen molar-refractivity contribution < 1.29 is 13.2 Å². The van der Waals surface area contributed by atoms with Gasteiger partial charge in [-0.3, -0.25) is 0 Å². The molecule has 0 N–H and O–H groups in total. The summed E-state index contributed by atoms with van der Waals surface area (Å²) in [6.07, 6.45) is -0.430. The van der Waals surface area contributed by atoms with E-state index in [0.717, 1.165) is 41.5 Å². The molecule has 0 amide bonds. The lowest BCUT2D eigenvalue weighted by Gasteiger charge is -2.21. The molecule has 0 heterocycles. The number of hydrogen-bond donors (Lipinski definition) is 0. The summed E-state index contributed by atoms with van der Waals surface area (Å²) in [5, 5.41) is 0. The van der Waals surface area contributed by atoms with E-state index >= 15 is 0 Å². The molecule has 0 aliphatic heterocycles. The summed E-state index contributed by atoms with van der Waals surface area (Å²) < 4.78 is 37.8. The van der Waals surface area contributed by atoms with Crippen molar-refractivity contribution in [3.8, 4) is 0 Å². The van der Waals surface area contributed by atoms with Gasteiger partial charge in [0.15, 0.2) is 0 Å². The Kier molecular flexibility index (Phi) is 4.07. The van der Waals surface area contributed by atoms with Crippen LogP contribution in [0.4, 0.5) is 13.2 Å². The average molecular weight is 280 g/mol. The zero-order valence-corrected chi connectivity index (χ0v) is 11.9. The smallest absolute Gasteiger partial charge is 0.171 e. The van der Waals surface area contributed by atoms with E-state index in [1.807, 2.05) is 19.9 Å². The third kappa shape index (κ3) is 3.33. The van der Waals surface area contributed by atoms with Crippen LogP contribution in [0.3, 0.4) is 0 Å². The van der Waals surface area contributed by atoms with Crippen molar-refractivity contribution in [2.24, 2.45) is 0 Å². The molecule has 3 heteroatoms. The van der Waals surface area contributed by atoms with Gasteiger partial charge in [-0.05, 0) is 54.0 Å². The Morgan fingerprint density at radius 3 is 2.50 bits per heavy atom. The molecule has 1 aliphatic rings. The molecule has 0 radical (unpaired) electrons. The van der Waals surface area contributed by atoms with E-state index in [2.05, 4.69) is 6.58 Å². The second-order valence-electron chi connectivity index (χ2n) is 5.42. The van der Waals surface area contributed by atoms with Gasteiger partial charge in [-0.2, -0.15) is 13.2 Å². The third-order valence-corrected chi connectivity index (χ3v) is 3.74. The van der Waals surface area contributed by atoms with Crippen LogP contribution < -0.4 is 0 Å². The zero-order valence-electron chi connectivity index (χ0n) is 11.9. The molecule has 0 unspecified atom stereocenters. The van der Waals surface area contributed by atoms with Crippen molar-refractivity contribution in [1.82, 2.24) is 0 Å². The predicted octanol–water partition coefficient (Wildman–Crippen LogP) is 5.26. The summed E-state index contributed by atoms with van der Waals surface area (Å²) in [6.45, 7) is 7.86. The average Bonchev–Trinajstić information content (AvgIpc) is 2.34. The molecule has 0 saturated carbocycles. The minimum atomic E-state index is -4.16. The van der Waals surface area contributed by atoms with Crippen LogP contribution in [0.25, 0.3) is 6.08 Å². The van der Waals surface area contributed by atoms with Gasteiger partial charge in [0, 0.05) is 0 Å². The van der Waals surface area contributed by atoms with Crippen molar-refractivity contribution in [1.29, 1.82) is 0 Å². The number of hydrogen-bond acceptors (Lipinski definition) is 0. The second-order valence-corrected chi connectivity index (χ2v) is 5.42. The first-order chi connectivity index (χ1) is 9.30. The maximum absolute atomic E-state index is 12.6. The fourth-order valence-electron chi connectivity index (χ4n) is 2.76. The molecule has 0 aromatic heterocycles. The van der Waals surface area contributed by atoms with Gasteiger partial charge in [0.05, 0.1) is 6.42 Å². The van der Waals surface area contributed by atoms with Gasteiger partial charge in [-0.15, -0.1) is 0 Å². The highest BCUT2D eigenvalue weighted by Crippen LogP contribution is 2.32. The molecule has 0 nitrogen and oxygen atoms in total. The molecule has 0 saturated heterocycles. The first-order valence-corrected chi connectivity index (χ1v) is 6.88.